The molecule has 2 saturated heterocycles. The number of likely N-dealkylation sites (N-methyl/N-ethyl adjacent to an activating group) is 1. The summed E-state index contributed by atoms with van der Waals surface area (Å²) in [5.74, 6) is -0.540. The van der Waals surface area contributed by atoms with E-state index in [0.29, 0.717) is 44.2 Å². The van der Waals surface area contributed by atoms with Crippen molar-refractivity contribution in [2.45, 2.75) is 36.4 Å². The molecule has 1 N–H and O–H groups in total. The molecule has 11 heteroatoms. The number of rotatable bonds is 7. The molecule has 2 aliphatic heterocycles. The van der Waals surface area contributed by atoms with Gasteiger partial charge in [-0.05, 0) is 62.5 Å². The van der Waals surface area contributed by atoms with Crippen LogP contribution in [0, 0.1) is 0 Å². The maximum absolute atomic E-state index is 13.1. The second-order valence-corrected chi connectivity index (χ2v) is 11.5. The average molecular weight is 523 g/mol. The second kappa shape index (κ2) is 10.4. The fourth-order valence-electron chi connectivity index (χ4n) is 4.65. The van der Waals surface area contributed by atoms with E-state index in [1.165, 1.54) is 11.0 Å². The van der Waals surface area contributed by atoms with Gasteiger partial charge in [0.15, 0.2) is 0 Å². The number of amides is 2. The molecule has 3 atom stereocenters. The molecule has 0 saturated carbocycles. The number of ether oxygens (including phenoxy) is 1. The molecule has 0 bridgehead atoms. The third-order valence-electron chi connectivity index (χ3n) is 6.47. The van der Waals surface area contributed by atoms with E-state index < -0.39 is 22.1 Å². The Bertz CT molecular complexity index is 1220. The Kier molecular flexibility index (Phi) is 7.68. The summed E-state index contributed by atoms with van der Waals surface area (Å²) in [7, 11) is -0.0363. The molecule has 0 aliphatic carbocycles. The van der Waals surface area contributed by atoms with Crippen LogP contribution in [0.1, 0.15) is 13.3 Å². The Labute approximate surface area is 211 Å². The number of likely N-dealkylation sites (tertiary alicyclic amines) is 1. The molecular formula is C24H31ClN4O5S. The van der Waals surface area contributed by atoms with Gasteiger partial charge < -0.3 is 19.4 Å². The third-order valence-corrected chi connectivity index (χ3v) is 8.17. The molecule has 2 aromatic rings. The molecule has 9 nitrogen and oxygen atoms in total. The van der Waals surface area contributed by atoms with E-state index >= 15 is 0 Å². The van der Waals surface area contributed by atoms with Crippen molar-refractivity contribution in [1.82, 2.24) is 19.4 Å². The second-order valence-electron chi connectivity index (χ2n) is 9.36. The third kappa shape index (κ3) is 5.78. The van der Waals surface area contributed by atoms with Gasteiger partial charge >= 0.3 is 0 Å². The lowest BCUT2D eigenvalue weighted by Gasteiger charge is -2.37. The zero-order valence-electron chi connectivity index (χ0n) is 20.1. The van der Waals surface area contributed by atoms with Gasteiger partial charge in [0, 0.05) is 31.2 Å². The molecule has 0 aromatic heterocycles. The highest BCUT2D eigenvalue weighted by Crippen LogP contribution is 2.24. The summed E-state index contributed by atoms with van der Waals surface area (Å²) in [4.78, 5) is 31.5. The van der Waals surface area contributed by atoms with Crippen molar-refractivity contribution in [3.63, 3.8) is 0 Å². The van der Waals surface area contributed by atoms with Crippen LogP contribution >= 0.6 is 11.6 Å². The van der Waals surface area contributed by atoms with Crippen molar-refractivity contribution in [2.75, 3.05) is 46.9 Å². The molecule has 1 unspecified atom stereocenters. The Hall–Kier alpha value is -2.24. The standard InChI is InChI=1S/C24H31ClN4O5S/c1-16(23(30)28-10-11-34-20(15-28)14-27(2)3)29-9-8-22(24(29)31)26-35(32,33)21-7-5-17-12-19(25)6-4-18(17)13-21/h4-7,12-13,16,20,22,26H,8-11,14-15H2,1-3H3/t16-,20?,22-/m0/s1. The zero-order chi connectivity index (χ0) is 25.3. The van der Waals surface area contributed by atoms with E-state index in [-0.39, 0.29) is 22.8 Å². The maximum atomic E-state index is 13.1. The first kappa shape index (κ1) is 25.8. The van der Waals surface area contributed by atoms with Gasteiger partial charge in [-0.1, -0.05) is 23.7 Å². The summed E-state index contributed by atoms with van der Waals surface area (Å²) in [6.45, 7) is 4.09. The fraction of sp³-hybridized carbons (Fsp3) is 0.500. The summed E-state index contributed by atoms with van der Waals surface area (Å²) in [5, 5.41) is 2.12. The SMILES string of the molecule is C[C@@H](C(=O)N1CCOC(CN(C)C)C1)N1CC[C@H](NS(=O)(=O)c2ccc3cc(Cl)ccc3c2)C1=O. The van der Waals surface area contributed by atoms with Gasteiger partial charge in [-0.15, -0.1) is 0 Å². The van der Waals surface area contributed by atoms with Gasteiger partial charge in [-0.2, -0.15) is 4.72 Å². The molecule has 0 spiro atoms. The summed E-state index contributed by atoms with van der Waals surface area (Å²) in [5.41, 5.74) is 0. The highest BCUT2D eigenvalue weighted by molar-refractivity contribution is 7.89. The highest BCUT2D eigenvalue weighted by atomic mass is 35.5. The number of carbonyl (C=O) groups excluding carboxylic acids is 2. The molecule has 2 amide bonds. The van der Waals surface area contributed by atoms with Crippen LogP contribution in [0.15, 0.2) is 41.3 Å². The van der Waals surface area contributed by atoms with E-state index in [0.717, 1.165) is 10.8 Å². The van der Waals surface area contributed by atoms with Gasteiger partial charge in [0.2, 0.25) is 21.8 Å². The first-order chi connectivity index (χ1) is 16.5. The monoisotopic (exact) mass is 522 g/mol. The van der Waals surface area contributed by atoms with E-state index in [9.17, 15) is 18.0 Å². The summed E-state index contributed by atoms with van der Waals surface area (Å²) in [6, 6.07) is 8.35. The molecular weight excluding hydrogens is 492 g/mol. The minimum absolute atomic E-state index is 0.0722. The van der Waals surface area contributed by atoms with Crippen LogP contribution in [-0.4, -0.2) is 100 Å². The van der Waals surface area contributed by atoms with Gasteiger partial charge in [-0.25, -0.2) is 8.42 Å². The maximum Gasteiger partial charge on any atom is 0.245 e. The van der Waals surface area contributed by atoms with Crippen molar-refractivity contribution in [2.24, 2.45) is 0 Å². The van der Waals surface area contributed by atoms with E-state index in [4.69, 9.17) is 16.3 Å². The van der Waals surface area contributed by atoms with Crippen LogP contribution in [0.2, 0.25) is 5.02 Å². The molecule has 4 rings (SSSR count). The van der Waals surface area contributed by atoms with Crippen LogP contribution in [0.3, 0.4) is 0 Å². The van der Waals surface area contributed by atoms with Gasteiger partial charge in [0.05, 0.1) is 17.6 Å². The number of carbonyl (C=O) groups is 2. The molecule has 2 heterocycles. The van der Waals surface area contributed by atoms with Crippen LogP contribution in [-0.2, 0) is 24.3 Å². The van der Waals surface area contributed by atoms with Gasteiger partial charge in [-0.3, -0.25) is 9.59 Å². The number of hydrogen-bond donors (Lipinski definition) is 1. The lowest BCUT2D eigenvalue weighted by Crippen LogP contribution is -2.55. The van der Waals surface area contributed by atoms with Crippen molar-refractivity contribution >= 4 is 44.2 Å². The minimum Gasteiger partial charge on any atom is -0.373 e. The summed E-state index contributed by atoms with van der Waals surface area (Å²) < 4.78 is 34.3. The first-order valence-corrected chi connectivity index (χ1v) is 13.5. The molecule has 190 valence electrons. The molecule has 2 aliphatic rings. The Balaban J connectivity index is 1.41. The Morgan fingerprint density at radius 2 is 1.91 bits per heavy atom. The normalized spacial score (nSPS) is 22.3. The molecule has 0 radical (unpaired) electrons. The van der Waals surface area contributed by atoms with Crippen molar-refractivity contribution < 1.29 is 22.7 Å². The van der Waals surface area contributed by atoms with Crippen LogP contribution < -0.4 is 4.72 Å². The van der Waals surface area contributed by atoms with E-state index in [1.54, 1.807) is 42.2 Å². The molecule has 2 fully saturated rings. The van der Waals surface area contributed by atoms with E-state index in [2.05, 4.69) is 4.72 Å². The Morgan fingerprint density at radius 1 is 1.20 bits per heavy atom. The predicted molar refractivity (Wildman–Crippen MR) is 134 cm³/mol. The van der Waals surface area contributed by atoms with Crippen LogP contribution in [0.25, 0.3) is 10.8 Å². The van der Waals surface area contributed by atoms with Crippen molar-refractivity contribution in [3.05, 3.63) is 41.4 Å². The lowest BCUT2D eigenvalue weighted by atomic mass is 10.1. The molecule has 35 heavy (non-hydrogen) atoms. The minimum atomic E-state index is -3.93. The van der Waals surface area contributed by atoms with Crippen molar-refractivity contribution in [1.29, 1.82) is 0 Å². The topological polar surface area (TPSA) is 99.3 Å². The Morgan fingerprint density at radius 3 is 2.66 bits per heavy atom. The molecule has 2 aromatic carbocycles. The zero-order valence-corrected chi connectivity index (χ0v) is 21.7. The van der Waals surface area contributed by atoms with Gasteiger partial charge in [0.1, 0.15) is 12.1 Å². The number of sulfonamides is 1. The quantitative estimate of drug-likeness (QED) is 0.592. The van der Waals surface area contributed by atoms with Gasteiger partial charge in [0.25, 0.3) is 0 Å². The largest absolute Gasteiger partial charge is 0.373 e. The highest BCUT2D eigenvalue weighted by Gasteiger charge is 2.40. The lowest BCUT2D eigenvalue weighted by molar-refractivity contribution is -0.148. The number of morpholine rings is 1. The number of benzene rings is 2. The number of halogens is 1. The number of hydrogen-bond acceptors (Lipinski definition) is 6. The predicted octanol–water partition coefficient (Wildman–Crippen LogP) is 1.55. The summed E-state index contributed by atoms with van der Waals surface area (Å²) >= 11 is 6.01. The summed E-state index contributed by atoms with van der Waals surface area (Å²) in [6.07, 6.45) is 0.215. The average Bonchev–Trinajstić information content (AvgIpc) is 3.16. The smallest absolute Gasteiger partial charge is 0.245 e. The first-order valence-electron chi connectivity index (χ1n) is 11.6. The van der Waals surface area contributed by atoms with Crippen molar-refractivity contribution in [3.8, 4) is 0 Å². The number of fused-ring (bicyclic) bond motifs is 1. The van der Waals surface area contributed by atoms with E-state index in [1.807, 2.05) is 19.0 Å². The number of nitrogens with zero attached hydrogens (tertiary/aromatic N) is 3. The van der Waals surface area contributed by atoms with Crippen LogP contribution in [0.4, 0.5) is 0 Å². The fourth-order valence-corrected chi connectivity index (χ4v) is 6.09. The number of nitrogens with one attached hydrogen (secondary N) is 1. The van der Waals surface area contributed by atoms with Crippen LogP contribution in [0.5, 0.6) is 0 Å².